The van der Waals surface area contributed by atoms with Crippen molar-refractivity contribution in [3.8, 4) is 0 Å². The normalized spacial score (nSPS) is 13.7. The lowest BCUT2D eigenvalue weighted by molar-refractivity contribution is 0.203. The van der Waals surface area contributed by atoms with Gasteiger partial charge in [-0.3, -0.25) is 0 Å². The summed E-state index contributed by atoms with van der Waals surface area (Å²) in [5.41, 5.74) is 5.63. The van der Waals surface area contributed by atoms with Crippen molar-refractivity contribution in [1.29, 1.82) is 0 Å². The van der Waals surface area contributed by atoms with Crippen LogP contribution >= 0.6 is 11.3 Å². The van der Waals surface area contributed by atoms with Crippen molar-refractivity contribution in [2.75, 3.05) is 13.6 Å². The van der Waals surface area contributed by atoms with E-state index in [0.717, 1.165) is 13.0 Å². The van der Waals surface area contributed by atoms with Crippen molar-refractivity contribution >= 4 is 27.3 Å². The average molecular weight is 291 g/mol. The molecule has 1 aromatic carbocycles. The molecule has 0 spiro atoms. The number of nitrogens with two attached hydrogens (primary N) is 2. The predicted molar refractivity (Wildman–Crippen MR) is 86.4 cm³/mol. The smallest absolute Gasteiger partial charge is 0.118 e. The number of fused-ring (bicyclic) bond motifs is 1. The van der Waals surface area contributed by atoms with Crippen LogP contribution in [0.25, 0.3) is 10.1 Å². The van der Waals surface area contributed by atoms with Crippen LogP contribution in [0, 0.1) is 0 Å². The highest BCUT2D eigenvalue weighted by Crippen LogP contribution is 2.33. The molecule has 1 aromatic heterocycles. The Morgan fingerprint density at radius 3 is 2.85 bits per heavy atom. The fourth-order valence-electron chi connectivity index (χ4n) is 2.10. The quantitative estimate of drug-likeness (QED) is 0.329. The van der Waals surface area contributed by atoms with Crippen LogP contribution in [0.15, 0.2) is 35.4 Å². The Hall–Kier alpha value is -1.63. The fraction of sp³-hybridized carbons (Fsp3) is 0.357. The summed E-state index contributed by atoms with van der Waals surface area (Å²) < 4.78 is 1.26. The van der Waals surface area contributed by atoms with Crippen LogP contribution in [0.4, 0.5) is 0 Å². The van der Waals surface area contributed by atoms with Crippen molar-refractivity contribution in [3.63, 3.8) is 0 Å². The highest BCUT2D eigenvalue weighted by Gasteiger charge is 2.19. The van der Waals surface area contributed by atoms with Gasteiger partial charge in [0.25, 0.3) is 0 Å². The molecular weight excluding hydrogens is 270 g/mol. The Bertz CT molecular complexity index is 555. The summed E-state index contributed by atoms with van der Waals surface area (Å²) in [6.07, 6.45) is 0.872. The van der Waals surface area contributed by atoms with Gasteiger partial charge in [-0.15, -0.1) is 16.4 Å². The van der Waals surface area contributed by atoms with Gasteiger partial charge >= 0.3 is 0 Å². The molecule has 0 amide bonds. The molecule has 5 nitrogen and oxygen atoms in total. The molecule has 0 aliphatic rings. The zero-order valence-corrected chi connectivity index (χ0v) is 12.7. The predicted octanol–water partition coefficient (Wildman–Crippen LogP) is 2.02. The maximum atomic E-state index is 6.06. The van der Waals surface area contributed by atoms with Gasteiger partial charge < -0.3 is 11.1 Å². The summed E-state index contributed by atoms with van der Waals surface area (Å²) in [6.45, 7) is 2.60. The molecule has 108 valence electrons. The standard InChI is InChI=1S/C14H21N5S/c1-10(15)18-19(16)12(7-8-17-2)14-9-11-5-3-4-6-13(11)20-14/h3-6,9,12,17H,7-8,16H2,1-2H3,(H2,15,18). The molecule has 0 saturated heterocycles. The van der Waals surface area contributed by atoms with Crippen molar-refractivity contribution in [2.24, 2.45) is 16.7 Å². The minimum absolute atomic E-state index is 0.0262. The highest BCUT2D eigenvalue weighted by atomic mass is 32.1. The number of nitrogens with zero attached hydrogens (tertiary/aromatic N) is 2. The number of hydrazone groups is 1. The maximum absolute atomic E-state index is 6.06. The Morgan fingerprint density at radius 2 is 2.20 bits per heavy atom. The molecule has 2 aromatic rings. The van der Waals surface area contributed by atoms with Gasteiger partial charge in [0.15, 0.2) is 0 Å². The minimum Gasteiger partial charge on any atom is -0.386 e. The monoisotopic (exact) mass is 291 g/mol. The van der Waals surface area contributed by atoms with Gasteiger partial charge in [0.05, 0.1) is 6.04 Å². The second-order valence-electron chi connectivity index (χ2n) is 4.72. The van der Waals surface area contributed by atoms with Gasteiger partial charge in [-0.2, -0.15) is 0 Å². The third-order valence-electron chi connectivity index (χ3n) is 3.03. The number of nitrogens with one attached hydrogen (secondary N) is 1. The Kier molecular flexibility index (Phi) is 4.94. The van der Waals surface area contributed by atoms with E-state index in [4.69, 9.17) is 11.6 Å². The van der Waals surface area contributed by atoms with E-state index >= 15 is 0 Å². The lowest BCUT2D eigenvalue weighted by atomic mass is 10.1. The first-order valence-corrected chi connectivity index (χ1v) is 7.41. The van der Waals surface area contributed by atoms with E-state index in [1.807, 2.05) is 19.2 Å². The van der Waals surface area contributed by atoms with Crippen molar-refractivity contribution in [2.45, 2.75) is 19.4 Å². The molecule has 0 radical (unpaired) electrons. The van der Waals surface area contributed by atoms with E-state index in [1.165, 1.54) is 20.1 Å². The number of amidine groups is 1. The third-order valence-corrected chi connectivity index (χ3v) is 4.25. The molecule has 1 unspecified atom stereocenters. The van der Waals surface area contributed by atoms with Crippen molar-refractivity contribution < 1.29 is 0 Å². The number of rotatable bonds is 6. The topological polar surface area (TPSA) is 79.7 Å². The van der Waals surface area contributed by atoms with E-state index in [1.54, 1.807) is 18.3 Å². The van der Waals surface area contributed by atoms with Crippen LogP contribution in [0.2, 0.25) is 0 Å². The van der Waals surface area contributed by atoms with E-state index in [0.29, 0.717) is 5.84 Å². The van der Waals surface area contributed by atoms with Gasteiger partial charge in [0, 0.05) is 9.58 Å². The molecule has 0 aliphatic carbocycles. The summed E-state index contributed by atoms with van der Waals surface area (Å²) >= 11 is 1.75. The van der Waals surface area contributed by atoms with Gasteiger partial charge in [-0.1, -0.05) is 18.2 Å². The van der Waals surface area contributed by atoms with Crippen LogP contribution in [0.5, 0.6) is 0 Å². The number of hydrogen-bond donors (Lipinski definition) is 3. The van der Waals surface area contributed by atoms with E-state index in [-0.39, 0.29) is 6.04 Å². The van der Waals surface area contributed by atoms with Gasteiger partial charge in [-0.05, 0) is 44.5 Å². The largest absolute Gasteiger partial charge is 0.386 e. The van der Waals surface area contributed by atoms with Gasteiger partial charge in [0.2, 0.25) is 0 Å². The van der Waals surface area contributed by atoms with Gasteiger partial charge in [-0.25, -0.2) is 11.0 Å². The molecular formula is C14H21N5S. The second kappa shape index (κ2) is 6.69. The van der Waals surface area contributed by atoms with Crippen LogP contribution < -0.4 is 16.9 Å². The SMILES string of the molecule is CNCCC(c1cc2ccccc2s1)N(N)/N=C(/C)N. The molecule has 0 aliphatic heterocycles. The average Bonchev–Trinajstić information content (AvgIpc) is 2.81. The van der Waals surface area contributed by atoms with E-state index in [9.17, 15) is 0 Å². The molecule has 0 saturated carbocycles. The summed E-state index contributed by atoms with van der Waals surface area (Å²) in [5, 5.41) is 10.0. The Balaban J connectivity index is 2.31. The molecule has 20 heavy (non-hydrogen) atoms. The number of thiophene rings is 1. The molecule has 0 bridgehead atoms. The van der Waals surface area contributed by atoms with E-state index in [2.05, 4.69) is 28.6 Å². The third kappa shape index (κ3) is 3.47. The Morgan fingerprint density at radius 1 is 1.45 bits per heavy atom. The minimum atomic E-state index is 0.0262. The lowest BCUT2D eigenvalue weighted by Gasteiger charge is -2.24. The lowest BCUT2D eigenvalue weighted by Crippen LogP contribution is -2.33. The first-order chi connectivity index (χ1) is 9.61. The molecule has 1 heterocycles. The number of hydrazine groups is 1. The van der Waals surface area contributed by atoms with Crippen LogP contribution in [-0.2, 0) is 0 Å². The van der Waals surface area contributed by atoms with E-state index < -0.39 is 0 Å². The fourth-order valence-corrected chi connectivity index (χ4v) is 3.30. The summed E-state index contributed by atoms with van der Waals surface area (Å²) in [6, 6.07) is 10.5. The highest BCUT2D eigenvalue weighted by molar-refractivity contribution is 7.19. The van der Waals surface area contributed by atoms with Gasteiger partial charge in [0.1, 0.15) is 5.84 Å². The molecule has 1 atom stereocenters. The first-order valence-electron chi connectivity index (χ1n) is 6.59. The molecule has 2 rings (SSSR count). The molecule has 6 heteroatoms. The van der Waals surface area contributed by atoms with Crippen LogP contribution in [-0.4, -0.2) is 24.5 Å². The number of hydrogen-bond acceptors (Lipinski definition) is 5. The summed E-state index contributed by atoms with van der Waals surface area (Å²) in [4.78, 5) is 1.20. The zero-order chi connectivity index (χ0) is 14.5. The zero-order valence-electron chi connectivity index (χ0n) is 11.8. The molecule has 0 fully saturated rings. The van der Waals surface area contributed by atoms with Crippen LogP contribution in [0.3, 0.4) is 0 Å². The number of benzene rings is 1. The molecule has 5 N–H and O–H groups in total. The summed E-state index contributed by atoms with van der Waals surface area (Å²) in [7, 11) is 1.93. The van der Waals surface area contributed by atoms with Crippen molar-refractivity contribution in [3.05, 3.63) is 35.2 Å². The Labute approximate surface area is 123 Å². The first kappa shape index (κ1) is 14.8. The van der Waals surface area contributed by atoms with Crippen LogP contribution in [0.1, 0.15) is 24.3 Å². The summed E-state index contributed by atoms with van der Waals surface area (Å²) in [5.74, 6) is 6.52. The van der Waals surface area contributed by atoms with Crippen molar-refractivity contribution in [1.82, 2.24) is 10.4 Å². The second-order valence-corrected chi connectivity index (χ2v) is 5.83. The maximum Gasteiger partial charge on any atom is 0.118 e.